The monoisotopic (exact) mass is 380 g/mol. The molecule has 9 heteroatoms. The van der Waals surface area contributed by atoms with E-state index >= 15 is 0 Å². The number of hydrogen-bond donors (Lipinski definition) is 1. The molecule has 1 atom stereocenters. The highest BCUT2D eigenvalue weighted by molar-refractivity contribution is 8.17. The van der Waals surface area contributed by atoms with Crippen LogP contribution in [0.4, 0.5) is 0 Å². The fraction of sp³-hybridized carbons (Fsp3) is 0.562. The van der Waals surface area contributed by atoms with Crippen molar-refractivity contribution in [2.45, 2.75) is 19.8 Å². The average Bonchev–Trinajstić information content (AvgIpc) is 2.96. The lowest BCUT2D eigenvalue weighted by molar-refractivity contribution is -0.132. The van der Waals surface area contributed by atoms with Crippen molar-refractivity contribution < 1.29 is 14.4 Å². The van der Waals surface area contributed by atoms with Crippen molar-refractivity contribution in [1.82, 2.24) is 4.90 Å². The van der Waals surface area contributed by atoms with Crippen LogP contribution in [0.5, 0.6) is 0 Å². The predicted octanol–water partition coefficient (Wildman–Crippen LogP) is 1.05. The van der Waals surface area contributed by atoms with Gasteiger partial charge in [0.05, 0.1) is 16.5 Å². The summed E-state index contributed by atoms with van der Waals surface area (Å²) in [5, 5.41) is 0.785. The Kier molecular flexibility index (Phi) is 5.63. The summed E-state index contributed by atoms with van der Waals surface area (Å²) in [7, 11) is 0. The van der Waals surface area contributed by atoms with Gasteiger partial charge < -0.3 is 10.6 Å². The number of allylic oxidation sites excluding steroid dienone is 1. The van der Waals surface area contributed by atoms with Crippen LogP contribution in [0.15, 0.2) is 21.0 Å². The molecule has 3 amide bonds. The second-order valence-corrected chi connectivity index (χ2v) is 8.48. The molecule has 0 saturated carbocycles. The van der Waals surface area contributed by atoms with Crippen molar-refractivity contribution in [3.05, 3.63) is 11.0 Å². The fourth-order valence-electron chi connectivity index (χ4n) is 2.99. The molecule has 7 nitrogen and oxygen atoms in total. The smallest absolute Gasteiger partial charge is 0.261 e. The lowest BCUT2D eigenvalue weighted by atomic mass is 9.96. The van der Waals surface area contributed by atoms with Gasteiger partial charge in [0.25, 0.3) is 5.91 Å². The van der Waals surface area contributed by atoms with Crippen molar-refractivity contribution in [3.63, 3.8) is 0 Å². The number of fused-ring (bicyclic) bond motifs is 1. The van der Waals surface area contributed by atoms with Gasteiger partial charge in [-0.3, -0.25) is 14.4 Å². The summed E-state index contributed by atoms with van der Waals surface area (Å²) < 4.78 is 0. The molecule has 3 aliphatic heterocycles. The van der Waals surface area contributed by atoms with Crippen molar-refractivity contribution in [1.29, 1.82) is 0 Å². The number of primary amides is 1. The topological polar surface area (TPSA) is 105 Å². The highest BCUT2D eigenvalue weighted by atomic mass is 32.2. The van der Waals surface area contributed by atoms with E-state index in [9.17, 15) is 14.4 Å². The van der Waals surface area contributed by atoms with Crippen LogP contribution in [-0.2, 0) is 14.4 Å². The first kappa shape index (κ1) is 18.2. The van der Waals surface area contributed by atoms with Crippen LogP contribution in [0, 0.1) is 11.8 Å². The summed E-state index contributed by atoms with van der Waals surface area (Å²) in [6.45, 7) is 3.09. The zero-order valence-electron chi connectivity index (χ0n) is 13.9. The fourth-order valence-corrected chi connectivity index (χ4v) is 4.74. The summed E-state index contributed by atoms with van der Waals surface area (Å²) in [4.78, 5) is 46.7. The van der Waals surface area contributed by atoms with Gasteiger partial charge >= 0.3 is 0 Å². The Balaban J connectivity index is 1.44. The van der Waals surface area contributed by atoms with Crippen LogP contribution in [-0.4, -0.2) is 58.1 Å². The zero-order valence-corrected chi connectivity index (χ0v) is 15.6. The molecule has 2 N–H and O–H groups in total. The molecule has 1 saturated heterocycles. The maximum Gasteiger partial charge on any atom is 0.261 e. The number of nitrogens with zero attached hydrogens (tertiary/aromatic N) is 3. The molecule has 1 fully saturated rings. The first-order chi connectivity index (χ1) is 11.9. The highest BCUT2D eigenvalue weighted by Gasteiger charge is 2.32. The third-order valence-corrected chi connectivity index (χ3v) is 6.31. The Morgan fingerprint density at radius 3 is 2.76 bits per heavy atom. The molecule has 0 spiro atoms. The molecular formula is C16H20N4O3S2. The maximum absolute atomic E-state index is 12.2. The molecule has 0 aromatic rings. The molecule has 134 valence electrons. The number of piperidine rings is 1. The number of amides is 3. The van der Waals surface area contributed by atoms with Gasteiger partial charge in [-0.1, -0.05) is 17.8 Å². The lowest BCUT2D eigenvalue weighted by Crippen LogP contribution is -2.42. The summed E-state index contributed by atoms with van der Waals surface area (Å²) in [6, 6.07) is 0. The van der Waals surface area contributed by atoms with Gasteiger partial charge in [0.2, 0.25) is 11.8 Å². The van der Waals surface area contributed by atoms with E-state index in [1.807, 2.05) is 13.0 Å². The van der Waals surface area contributed by atoms with Crippen LogP contribution >= 0.6 is 23.5 Å². The minimum Gasteiger partial charge on any atom is -0.369 e. The van der Waals surface area contributed by atoms with Crippen LogP contribution < -0.4 is 5.73 Å². The van der Waals surface area contributed by atoms with E-state index in [2.05, 4.69) is 9.98 Å². The van der Waals surface area contributed by atoms with Gasteiger partial charge in [-0.05, 0) is 24.7 Å². The summed E-state index contributed by atoms with van der Waals surface area (Å²) >= 11 is 2.92. The van der Waals surface area contributed by atoms with E-state index in [-0.39, 0.29) is 29.6 Å². The van der Waals surface area contributed by atoms with Crippen LogP contribution in [0.3, 0.4) is 0 Å². The molecular weight excluding hydrogens is 360 g/mol. The van der Waals surface area contributed by atoms with Crippen LogP contribution in [0.25, 0.3) is 0 Å². The molecule has 3 aliphatic rings. The minimum absolute atomic E-state index is 0.0361. The number of carbonyl (C=O) groups is 3. The van der Waals surface area contributed by atoms with E-state index in [0.29, 0.717) is 43.3 Å². The number of hydrogen-bond acceptors (Lipinski definition) is 6. The quantitative estimate of drug-likeness (QED) is 0.767. The van der Waals surface area contributed by atoms with Crippen molar-refractivity contribution in [3.8, 4) is 0 Å². The Hall–Kier alpha value is -1.61. The minimum atomic E-state index is -0.313. The summed E-state index contributed by atoms with van der Waals surface area (Å²) in [6.07, 6.45) is 3.15. The van der Waals surface area contributed by atoms with Crippen LogP contribution in [0.1, 0.15) is 19.8 Å². The molecule has 3 heterocycles. The Morgan fingerprint density at radius 2 is 2.08 bits per heavy atom. The first-order valence-electron chi connectivity index (χ1n) is 8.15. The Labute approximate surface area is 154 Å². The van der Waals surface area contributed by atoms with Crippen molar-refractivity contribution in [2.24, 2.45) is 27.6 Å². The van der Waals surface area contributed by atoms with Gasteiger partial charge in [0.1, 0.15) is 11.8 Å². The number of thioether (sulfide) groups is 2. The first-order valence-corrected chi connectivity index (χ1v) is 10.1. The second kappa shape index (κ2) is 7.74. The van der Waals surface area contributed by atoms with E-state index in [1.54, 1.807) is 4.90 Å². The van der Waals surface area contributed by atoms with Gasteiger partial charge in [0, 0.05) is 19.0 Å². The molecule has 0 bridgehead atoms. The number of amidine groups is 1. The SMILES string of the molecule is CC1=CC2C(=O)N=C(CSCC(=O)N3CCC(C(N)=O)CC3)N=C2S1. The van der Waals surface area contributed by atoms with Crippen LogP contribution in [0.2, 0.25) is 0 Å². The van der Waals surface area contributed by atoms with E-state index in [1.165, 1.54) is 23.5 Å². The molecule has 25 heavy (non-hydrogen) atoms. The van der Waals surface area contributed by atoms with Gasteiger partial charge in [-0.25, -0.2) is 4.99 Å². The standard InChI is InChI=1S/C16H20N4O3S2/c1-9-6-11-15(23)18-12(19-16(11)25-9)7-24-8-13(21)20-4-2-10(3-5-20)14(17)22/h6,10-11H,2-5,7-8H2,1H3,(H2,17,22). The molecule has 1 unspecified atom stereocenters. The molecule has 3 rings (SSSR count). The highest BCUT2D eigenvalue weighted by Crippen LogP contribution is 2.34. The van der Waals surface area contributed by atoms with E-state index < -0.39 is 0 Å². The largest absolute Gasteiger partial charge is 0.369 e. The lowest BCUT2D eigenvalue weighted by Gasteiger charge is -2.30. The third-order valence-electron chi connectivity index (χ3n) is 4.38. The molecule has 0 aromatic heterocycles. The Morgan fingerprint density at radius 1 is 1.36 bits per heavy atom. The van der Waals surface area contributed by atoms with Gasteiger partial charge in [0.15, 0.2) is 0 Å². The number of carbonyl (C=O) groups excluding carboxylic acids is 3. The number of nitrogens with two attached hydrogens (primary N) is 1. The molecule has 0 aromatic carbocycles. The van der Waals surface area contributed by atoms with Crippen molar-refractivity contribution >= 4 is 52.1 Å². The average molecular weight is 380 g/mol. The summed E-state index contributed by atoms with van der Waals surface area (Å²) in [5.41, 5.74) is 5.30. The maximum atomic E-state index is 12.2. The molecule has 0 radical (unpaired) electrons. The number of rotatable bonds is 5. The second-order valence-electron chi connectivity index (χ2n) is 6.22. The van der Waals surface area contributed by atoms with Crippen molar-refractivity contribution in [2.75, 3.05) is 24.6 Å². The number of aliphatic imine (C=N–C) groups is 2. The summed E-state index contributed by atoms with van der Waals surface area (Å²) in [5.74, 6) is 0.373. The van der Waals surface area contributed by atoms with Gasteiger partial charge in [-0.2, -0.15) is 4.99 Å². The predicted molar refractivity (Wildman–Crippen MR) is 101 cm³/mol. The van der Waals surface area contributed by atoms with Gasteiger partial charge in [-0.15, -0.1) is 11.8 Å². The number of likely N-dealkylation sites (tertiary alicyclic amines) is 1. The third kappa shape index (κ3) is 4.33. The Bertz CT molecular complexity index is 693. The normalized spacial score (nSPS) is 23.7. The molecule has 0 aliphatic carbocycles. The van der Waals surface area contributed by atoms with E-state index in [4.69, 9.17) is 5.73 Å². The van der Waals surface area contributed by atoms with E-state index in [0.717, 1.165) is 9.95 Å². The zero-order chi connectivity index (χ0) is 18.0.